The molecule has 0 radical (unpaired) electrons. The van der Waals surface area contributed by atoms with Gasteiger partial charge in [0, 0.05) is 0 Å². The largest absolute Gasteiger partial charge is 0.478 e. The van der Waals surface area contributed by atoms with Gasteiger partial charge in [0.05, 0.1) is 5.56 Å². The van der Waals surface area contributed by atoms with E-state index in [2.05, 4.69) is 0 Å². The lowest BCUT2D eigenvalue weighted by Gasteiger charge is -2.13. The third-order valence-corrected chi connectivity index (χ3v) is 4.19. The summed E-state index contributed by atoms with van der Waals surface area (Å²) < 4.78 is 5.30. The molecule has 1 atom stereocenters. The average Bonchev–Trinajstić information content (AvgIpc) is 2.72. The quantitative estimate of drug-likeness (QED) is 0.652. The molecule has 3 aromatic carbocycles. The molecule has 5 heteroatoms. The van der Waals surface area contributed by atoms with Gasteiger partial charge in [-0.3, -0.25) is 0 Å². The Balaban J connectivity index is 1.72. The number of carboxylic acid groups (broad SMARTS) is 1. The maximum absolute atomic E-state index is 12.3. The maximum Gasteiger partial charge on any atom is 0.335 e. The number of ether oxygens (including phenoxy) is 1. The first-order chi connectivity index (χ1) is 13.0. The number of hydrogen-bond donors (Lipinski definition) is 2. The Morgan fingerprint density at radius 1 is 0.889 bits per heavy atom. The fraction of sp³-hybridized carbons (Fsp3) is 0.0909. The molecule has 0 spiro atoms. The highest BCUT2D eigenvalue weighted by Crippen LogP contribution is 2.24. The molecule has 0 aliphatic heterocycles. The second kappa shape index (κ2) is 8.29. The van der Waals surface area contributed by atoms with E-state index in [4.69, 9.17) is 15.6 Å². The Kier molecular flexibility index (Phi) is 5.64. The van der Waals surface area contributed by atoms with Crippen LogP contribution in [0.25, 0.3) is 11.1 Å². The maximum atomic E-state index is 12.3. The van der Waals surface area contributed by atoms with Gasteiger partial charge < -0.3 is 15.6 Å². The van der Waals surface area contributed by atoms with Gasteiger partial charge in [-0.25, -0.2) is 9.59 Å². The lowest BCUT2D eigenvalue weighted by Crippen LogP contribution is -2.23. The molecule has 0 fully saturated rings. The number of hydrogen-bond acceptors (Lipinski definition) is 4. The number of nitrogens with two attached hydrogens (primary N) is 1. The molecule has 0 aliphatic carbocycles. The van der Waals surface area contributed by atoms with Crippen molar-refractivity contribution in [2.75, 3.05) is 0 Å². The van der Waals surface area contributed by atoms with Crippen LogP contribution in [0.1, 0.15) is 27.5 Å². The molecule has 0 heterocycles. The monoisotopic (exact) mass is 361 g/mol. The highest BCUT2D eigenvalue weighted by molar-refractivity contribution is 5.88. The molecule has 3 N–H and O–H groups in total. The minimum absolute atomic E-state index is 0.170. The van der Waals surface area contributed by atoms with Crippen LogP contribution in [0.3, 0.4) is 0 Å². The molecule has 27 heavy (non-hydrogen) atoms. The summed E-state index contributed by atoms with van der Waals surface area (Å²) >= 11 is 0. The number of carboxylic acids is 1. The summed E-state index contributed by atoms with van der Waals surface area (Å²) in [7, 11) is 0. The predicted octanol–water partition coefficient (Wildman–Crippen LogP) is 3.80. The molecule has 3 rings (SSSR count). The van der Waals surface area contributed by atoms with Crippen LogP contribution >= 0.6 is 0 Å². The van der Waals surface area contributed by atoms with E-state index in [1.165, 1.54) is 0 Å². The first-order valence-electron chi connectivity index (χ1n) is 8.44. The minimum Gasteiger partial charge on any atom is -0.478 e. The van der Waals surface area contributed by atoms with Crippen LogP contribution < -0.4 is 5.73 Å². The lowest BCUT2D eigenvalue weighted by molar-refractivity contribution is -0.146. The zero-order valence-corrected chi connectivity index (χ0v) is 14.5. The van der Waals surface area contributed by atoms with Gasteiger partial charge in [-0.2, -0.15) is 0 Å². The highest BCUT2D eigenvalue weighted by Gasteiger charge is 2.18. The number of carbonyl (C=O) groups is 2. The summed E-state index contributed by atoms with van der Waals surface area (Å²) in [5, 5.41) is 8.99. The van der Waals surface area contributed by atoms with Gasteiger partial charge in [0.2, 0.25) is 0 Å². The van der Waals surface area contributed by atoms with Crippen molar-refractivity contribution in [2.24, 2.45) is 5.73 Å². The standard InChI is InChI=1S/C22H19NO4/c23-20(22(26)27-14-15-5-2-1-3-6-15)19-8-4-7-18(13-19)16-9-11-17(12-10-16)21(24)25/h1-13,20H,14,23H2,(H,24,25). The van der Waals surface area contributed by atoms with Crippen molar-refractivity contribution >= 4 is 11.9 Å². The van der Waals surface area contributed by atoms with E-state index in [1.54, 1.807) is 36.4 Å². The zero-order chi connectivity index (χ0) is 19.2. The number of aromatic carboxylic acids is 1. The SMILES string of the molecule is NC(C(=O)OCc1ccccc1)c1cccc(-c2ccc(C(=O)O)cc2)c1. The second-order valence-electron chi connectivity index (χ2n) is 6.08. The van der Waals surface area contributed by atoms with Crippen molar-refractivity contribution in [3.05, 3.63) is 95.6 Å². The van der Waals surface area contributed by atoms with Gasteiger partial charge >= 0.3 is 11.9 Å². The first-order valence-corrected chi connectivity index (χ1v) is 8.44. The van der Waals surface area contributed by atoms with Crippen LogP contribution in [0, 0.1) is 0 Å². The minimum atomic E-state index is -0.974. The van der Waals surface area contributed by atoms with E-state index < -0.39 is 18.0 Å². The van der Waals surface area contributed by atoms with E-state index in [-0.39, 0.29) is 12.2 Å². The van der Waals surface area contributed by atoms with Crippen molar-refractivity contribution in [2.45, 2.75) is 12.6 Å². The molecule has 5 nitrogen and oxygen atoms in total. The lowest BCUT2D eigenvalue weighted by atomic mass is 9.99. The Morgan fingerprint density at radius 2 is 1.59 bits per heavy atom. The Bertz CT molecular complexity index is 936. The van der Waals surface area contributed by atoms with E-state index in [9.17, 15) is 9.59 Å². The zero-order valence-electron chi connectivity index (χ0n) is 14.5. The van der Waals surface area contributed by atoms with Crippen LogP contribution in [-0.4, -0.2) is 17.0 Å². The summed E-state index contributed by atoms with van der Waals surface area (Å²) in [5.74, 6) is -1.48. The number of rotatable bonds is 6. The van der Waals surface area contributed by atoms with Crippen LogP contribution in [0.2, 0.25) is 0 Å². The molecule has 0 aliphatic rings. The highest BCUT2D eigenvalue weighted by atomic mass is 16.5. The van der Waals surface area contributed by atoms with Gasteiger partial charge in [0.15, 0.2) is 0 Å². The van der Waals surface area contributed by atoms with E-state index in [0.29, 0.717) is 5.56 Å². The van der Waals surface area contributed by atoms with E-state index in [0.717, 1.165) is 16.7 Å². The number of esters is 1. The average molecular weight is 361 g/mol. The molecule has 3 aromatic rings. The third-order valence-electron chi connectivity index (χ3n) is 4.19. The molecule has 0 amide bonds. The van der Waals surface area contributed by atoms with Crippen molar-refractivity contribution in [1.29, 1.82) is 0 Å². The summed E-state index contributed by atoms with van der Waals surface area (Å²) in [6.07, 6.45) is 0. The van der Waals surface area contributed by atoms with Crippen LogP contribution in [0.5, 0.6) is 0 Å². The molecule has 0 bridgehead atoms. The second-order valence-corrected chi connectivity index (χ2v) is 6.08. The topological polar surface area (TPSA) is 89.6 Å². The van der Waals surface area contributed by atoms with Crippen LogP contribution in [0.4, 0.5) is 0 Å². The molecule has 1 unspecified atom stereocenters. The van der Waals surface area contributed by atoms with E-state index >= 15 is 0 Å². The summed E-state index contributed by atoms with van der Waals surface area (Å²) in [6, 6.07) is 22.3. The normalized spacial score (nSPS) is 11.6. The fourth-order valence-corrected chi connectivity index (χ4v) is 2.67. The van der Waals surface area contributed by atoms with Gasteiger partial charge in [0.1, 0.15) is 12.6 Å². The van der Waals surface area contributed by atoms with Gasteiger partial charge in [-0.15, -0.1) is 0 Å². The summed E-state index contributed by atoms with van der Waals surface area (Å²) in [4.78, 5) is 23.2. The van der Waals surface area contributed by atoms with Gasteiger partial charge in [-0.05, 0) is 40.5 Å². The van der Waals surface area contributed by atoms with Crippen LogP contribution in [-0.2, 0) is 16.1 Å². The van der Waals surface area contributed by atoms with Gasteiger partial charge in [0.25, 0.3) is 0 Å². The van der Waals surface area contributed by atoms with Crippen molar-refractivity contribution < 1.29 is 19.4 Å². The Labute approximate surface area is 157 Å². The van der Waals surface area contributed by atoms with Crippen molar-refractivity contribution in [3.8, 4) is 11.1 Å². The third kappa shape index (κ3) is 4.59. The molecule has 0 saturated carbocycles. The van der Waals surface area contributed by atoms with Crippen LogP contribution in [0.15, 0.2) is 78.9 Å². The Morgan fingerprint density at radius 3 is 2.26 bits per heavy atom. The fourth-order valence-electron chi connectivity index (χ4n) is 2.67. The summed E-state index contributed by atoms with van der Waals surface area (Å²) in [6.45, 7) is 0.170. The molecular weight excluding hydrogens is 342 g/mol. The number of benzene rings is 3. The van der Waals surface area contributed by atoms with Gasteiger partial charge in [-0.1, -0.05) is 60.7 Å². The molecule has 0 saturated heterocycles. The number of carbonyl (C=O) groups excluding carboxylic acids is 1. The predicted molar refractivity (Wildman–Crippen MR) is 102 cm³/mol. The molecule has 0 aromatic heterocycles. The Hall–Kier alpha value is -3.44. The summed E-state index contributed by atoms with van der Waals surface area (Å²) in [5.41, 5.74) is 9.49. The first kappa shape index (κ1) is 18.4. The molecule has 136 valence electrons. The van der Waals surface area contributed by atoms with Crippen molar-refractivity contribution in [3.63, 3.8) is 0 Å². The van der Waals surface area contributed by atoms with Crippen molar-refractivity contribution in [1.82, 2.24) is 0 Å². The smallest absolute Gasteiger partial charge is 0.335 e. The molecular formula is C22H19NO4. The van der Waals surface area contributed by atoms with E-state index in [1.807, 2.05) is 42.5 Å².